The second-order valence-corrected chi connectivity index (χ2v) is 5.68. The van der Waals surface area contributed by atoms with Crippen LogP contribution in [0.3, 0.4) is 0 Å². The van der Waals surface area contributed by atoms with E-state index >= 15 is 0 Å². The monoisotopic (exact) mass is 256 g/mol. The van der Waals surface area contributed by atoms with Crippen molar-refractivity contribution < 1.29 is 0 Å². The summed E-state index contributed by atoms with van der Waals surface area (Å²) in [6.45, 7) is 16.0. The van der Waals surface area contributed by atoms with Crippen molar-refractivity contribution in [1.82, 2.24) is 9.80 Å². The minimum absolute atomic E-state index is 0.839. The van der Waals surface area contributed by atoms with Gasteiger partial charge < -0.3 is 9.80 Å². The number of hydrogen-bond donors (Lipinski definition) is 0. The van der Waals surface area contributed by atoms with Crippen LogP contribution in [0.15, 0.2) is 0 Å². The maximum Gasteiger partial charge on any atom is 0.0116 e. The first-order valence-electron chi connectivity index (χ1n) is 8.06. The fourth-order valence-corrected chi connectivity index (χ4v) is 2.57. The summed E-state index contributed by atoms with van der Waals surface area (Å²) in [7, 11) is 2.26. The van der Waals surface area contributed by atoms with Crippen LogP contribution in [0.25, 0.3) is 0 Å². The predicted octanol–water partition coefficient (Wildman–Crippen LogP) is 3.86. The van der Waals surface area contributed by atoms with E-state index in [2.05, 4.69) is 37.6 Å². The molecule has 1 aliphatic heterocycles. The smallest absolute Gasteiger partial charge is 0.0116 e. The Morgan fingerprint density at radius 2 is 1.72 bits per heavy atom. The maximum absolute atomic E-state index is 2.66. The number of nitrogens with zero attached hydrogens (tertiary/aromatic N) is 2. The maximum atomic E-state index is 2.66. The highest BCUT2D eigenvalue weighted by Crippen LogP contribution is 2.16. The van der Waals surface area contributed by atoms with Crippen LogP contribution in [0.2, 0.25) is 0 Å². The zero-order valence-corrected chi connectivity index (χ0v) is 13.7. The van der Waals surface area contributed by atoms with Gasteiger partial charge in [0.15, 0.2) is 0 Å². The van der Waals surface area contributed by atoms with Gasteiger partial charge >= 0.3 is 0 Å². The van der Waals surface area contributed by atoms with Gasteiger partial charge in [-0.3, -0.25) is 0 Å². The molecule has 0 radical (unpaired) electrons. The third-order valence-electron chi connectivity index (χ3n) is 3.94. The van der Waals surface area contributed by atoms with Crippen molar-refractivity contribution in [1.29, 1.82) is 0 Å². The largest absolute Gasteiger partial charge is 0.304 e. The summed E-state index contributed by atoms with van der Waals surface area (Å²) in [5.41, 5.74) is 0. The molecule has 1 heterocycles. The molecule has 0 saturated carbocycles. The Hall–Kier alpha value is -0.0800. The molecule has 1 saturated heterocycles. The lowest BCUT2D eigenvalue weighted by atomic mass is 10.0. The van der Waals surface area contributed by atoms with Gasteiger partial charge in [-0.05, 0) is 64.8 Å². The van der Waals surface area contributed by atoms with E-state index < -0.39 is 0 Å². The zero-order valence-electron chi connectivity index (χ0n) is 13.7. The Morgan fingerprint density at radius 1 is 1.17 bits per heavy atom. The third-order valence-corrected chi connectivity index (χ3v) is 3.94. The van der Waals surface area contributed by atoms with Gasteiger partial charge in [0.1, 0.15) is 0 Å². The van der Waals surface area contributed by atoms with E-state index in [9.17, 15) is 0 Å². The summed E-state index contributed by atoms with van der Waals surface area (Å²) in [4.78, 5) is 5.16. The minimum atomic E-state index is 0.839. The molecule has 0 aromatic heterocycles. The lowest BCUT2D eigenvalue weighted by Crippen LogP contribution is -2.43. The Balaban J connectivity index is 0.00000137. The van der Waals surface area contributed by atoms with E-state index in [0.29, 0.717) is 0 Å². The molecule has 0 bridgehead atoms. The van der Waals surface area contributed by atoms with Crippen LogP contribution in [-0.4, -0.2) is 49.1 Å². The molecular weight excluding hydrogens is 220 g/mol. The van der Waals surface area contributed by atoms with Crippen LogP contribution in [0, 0.1) is 5.92 Å². The van der Waals surface area contributed by atoms with Gasteiger partial charge in [0.2, 0.25) is 0 Å². The Morgan fingerprint density at radius 3 is 2.17 bits per heavy atom. The van der Waals surface area contributed by atoms with Crippen molar-refractivity contribution in [2.24, 2.45) is 5.92 Å². The summed E-state index contributed by atoms with van der Waals surface area (Å²) in [6.07, 6.45) is 5.50. The van der Waals surface area contributed by atoms with E-state index in [1.807, 2.05) is 13.8 Å². The fraction of sp³-hybridized carbons (Fsp3) is 1.00. The fourth-order valence-electron chi connectivity index (χ4n) is 2.57. The standard InChI is InChI=1S/C14H30N2.C2H6/c1-5-15(4)14-8-11-16(12-9-14)10-6-7-13(2)3;1-2/h13-14H,5-12H2,1-4H3;1-2H3. The topological polar surface area (TPSA) is 6.48 Å². The summed E-state index contributed by atoms with van der Waals surface area (Å²) in [5, 5.41) is 0. The van der Waals surface area contributed by atoms with Gasteiger partial charge in [0.25, 0.3) is 0 Å². The molecule has 18 heavy (non-hydrogen) atoms. The van der Waals surface area contributed by atoms with Gasteiger partial charge in [-0.1, -0.05) is 34.6 Å². The van der Waals surface area contributed by atoms with Crippen LogP contribution in [-0.2, 0) is 0 Å². The van der Waals surface area contributed by atoms with Crippen molar-refractivity contribution in [3.05, 3.63) is 0 Å². The quantitative estimate of drug-likeness (QED) is 0.712. The SMILES string of the molecule is CC.CCN(C)C1CCN(CCCC(C)C)CC1. The normalized spacial score (nSPS) is 18.0. The molecule has 1 rings (SSSR count). The number of hydrogen-bond acceptors (Lipinski definition) is 2. The molecule has 1 fully saturated rings. The Kier molecular flexibility index (Phi) is 10.8. The molecule has 0 N–H and O–H groups in total. The first-order chi connectivity index (χ1) is 8.63. The van der Waals surface area contributed by atoms with E-state index in [1.165, 1.54) is 51.9 Å². The van der Waals surface area contributed by atoms with Crippen LogP contribution in [0.1, 0.15) is 60.3 Å². The number of rotatable bonds is 6. The minimum Gasteiger partial charge on any atom is -0.304 e. The molecule has 2 nitrogen and oxygen atoms in total. The van der Waals surface area contributed by atoms with Crippen molar-refractivity contribution in [2.75, 3.05) is 33.2 Å². The van der Waals surface area contributed by atoms with E-state index in [4.69, 9.17) is 0 Å². The second kappa shape index (κ2) is 10.8. The molecule has 110 valence electrons. The lowest BCUT2D eigenvalue weighted by Gasteiger charge is -2.36. The van der Waals surface area contributed by atoms with E-state index in [-0.39, 0.29) is 0 Å². The molecule has 0 aliphatic carbocycles. The van der Waals surface area contributed by atoms with Crippen molar-refractivity contribution in [3.63, 3.8) is 0 Å². The molecule has 0 aromatic carbocycles. The Labute approximate surface area is 116 Å². The van der Waals surface area contributed by atoms with E-state index in [0.717, 1.165) is 12.0 Å². The average molecular weight is 256 g/mol. The van der Waals surface area contributed by atoms with Crippen LogP contribution in [0.4, 0.5) is 0 Å². The summed E-state index contributed by atoms with van der Waals surface area (Å²) < 4.78 is 0. The van der Waals surface area contributed by atoms with Gasteiger partial charge in [0.05, 0.1) is 0 Å². The van der Waals surface area contributed by atoms with Crippen LogP contribution in [0.5, 0.6) is 0 Å². The predicted molar refractivity (Wildman–Crippen MR) is 83.2 cm³/mol. The third kappa shape index (κ3) is 7.38. The molecule has 0 aromatic rings. The molecule has 0 unspecified atom stereocenters. The average Bonchev–Trinajstić information content (AvgIpc) is 2.40. The molecule has 1 aliphatic rings. The summed E-state index contributed by atoms with van der Waals surface area (Å²) in [5.74, 6) is 0.865. The van der Waals surface area contributed by atoms with Gasteiger partial charge in [-0.25, -0.2) is 0 Å². The highest BCUT2D eigenvalue weighted by molar-refractivity contribution is 4.77. The van der Waals surface area contributed by atoms with Crippen LogP contribution >= 0.6 is 0 Å². The van der Waals surface area contributed by atoms with Crippen molar-refractivity contribution >= 4 is 0 Å². The lowest BCUT2D eigenvalue weighted by molar-refractivity contribution is 0.129. The molecule has 0 atom stereocenters. The second-order valence-electron chi connectivity index (χ2n) is 5.68. The first kappa shape index (κ1) is 17.9. The highest BCUT2D eigenvalue weighted by atomic mass is 15.2. The van der Waals surface area contributed by atoms with Gasteiger partial charge in [0, 0.05) is 6.04 Å². The summed E-state index contributed by atoms with van der Waals surface area (Å²) >= 11 is 0. The number of piperidine rings is 1. The van der Waals surface area contributed by atoms with Crippen LogP contribution < -0.4 is 0 Å². The molecular formula is C16H36N2. The van der Waals surface area contributed by atoms with E-state index in [1.54, 1.807) is 0 Å². The van der Waals surface area contributed by atoms with Gasteiger partial charge in [-0.15, -0.1) is 0 Å². The molecule has 0 amide bonds. The van der Waals surface area contributed by atoms with Crippen molar-refractivity contribution in [2.45, 2.75) is 66.3 Å². The first-order valence-corrected chi connectivity index (χ1v) is 8.06. The van der Waals surface area contributed by atoms with Crippen molar-refractivity contribution in [3.8, 4) is 0 Å². The highest BCUT2D eigenvalue weighted by Gasteiger charge is 2.20. The summed E-state index contributed by atoms with van der Waals surface area (Å²) in [6, 6.07) is 0.839. The molecule has 0 spiro atoms. The Bertz CT molecular complexity index is 172. The zero-order chi connectivity index (χ0) is 14.0. The van der Waals surface area contributed by atoms with Gasteiger partial charge in [-0.2, -0.15) is 0 Å². The molecule has 2 heteroatoms. The number of likely N-dealkylation sites (tertiary alicyclic amines) is 1.